The first-order valence-corrected chi connectivity index (χ1v) is 8.82. The Hall–Kier alpha value is -2.71. The van der Waals surface area contributed by atoms with Crippen LogP contribution in [0.15, 0.2) is 68.6 Å². The Bertz CT molecular complexity index is 958. The predicted molar refractivity (Wildman–Crippen MR) is 97.4 cm³/mol. The van der Waals surface area contributed by atoms with Crippen molar-refractivity contribution in [3.8, 4) is 22.1 Å². The van der Waals surface area contributed by atoms with E-state index in [1.165, 1.54) is 17.5 Å². The van der Waals surface area contributed by atoms with E-state index in [1.807, 2.05) is 12.1 Å². The molecule has 25 heavy (non-hydrogen) atoms. The van der Waals surface area contributed by atoms with E-state index >= 15 is 0 Å². The Morgan fingerprint density at radius 1 is 1.12 bits per heavy atom. The molecule has 6 nitrogen and oxygen atoms in total. The molecule has 0 unspecified atom stereocenters. The molecular formula is C17H10BrN3O3S. The molecule has 1 N–H and O–H groups in total. The van der Waals surface area contributed by atoms with Gasteiger partial charge in [-0.25, -0.2) is 4.98 Å². The highest BCUT2D eigenvalue weighted by Gasteiger charge is 2.20. The van der Waals surface area contributed by atoms with E-state index in [0.717, 1.165) is 9.35 Å². The van der Waals surface area contributed by atoms with Gasteiger partial charge in [0.2, 0.25) is 0 Å². The highest BCUT2D eigenvalue weighted by atomic mass is 79.9. The molecule has 0 bridgehead atoms. The number of aromatic nitrogens is 2. The molecule has 0 fully saturated rings. The predicted octanol–water partition coefficient (Wildman–Crippen LogP) is 5.07. The maximum absolute atomic E-state index is 12.4. The molecule has 124 valence electrons. The molecule has 4 heterocycles. The SMILES string of the molecule is O=C(Nc1nc(-c2ccco2)c(-c2ccco2)s1)c1cncc(Br)c1. The molecule has 0 saturated heterocycles. The molecule has 4 rings (SSSR count). The minimum Gasteiger partial charge on any atom is -0.463 e. The number of pyridine rings is 1. The Morgan fingerprint density at radius 3 is 2.56 bits per heavy atom. The molecule has 4 aromatic heterocycles. The standard InChI is InChI=1S/C17H10BrN3O3S/c18-11-7-10(8-19-9-11)16(22)21-17-20-14(12-3-1-5-23-12)15(25-17)13-4-2-6-24-13/h1-9H,(H,20,21,22). The number of hydrogen-bond acceptors (Lipinski definition) is 6. The maximum Gasteiger partial charge on any atom is 0.259 e. The fourth-order valence-electron chi connectivity index (χ4n) is 2.23. The number of amides is 1. The van der Waals surface area contributed by atoms with Crippen LogP contribution in [0.2, 0.25) is 0 Å². The van der Waals surface area contributed by atoms with Crippen LogP contribution in [-0.2, 0) is 0 Å². The summed E-state index contributed by atoms with van der Waals surface area (Å²) < 4.78 is 11.7. The molecule has 0 aromatic carbocycles. The summed E-state index contributed by atoms with van der Waals surface area (Å²) in [6.07, 6.45) is 6.27. The van der Waals surface area contributed by atoms with E-state index in [1.54, 1.807) is 36.9 Å². The zero-order valence-electron chi connectivity index (χ0n) is 12.6. The lowest BCUT2D eigenvalue weighted by Crippen LogP contribution is -2.11. The van der Waals surface area contributed by atoms with Crippen LogP contribution >= 0.6 is 27.3 Å². The fourth-order valence-corrected chi connectivity index (χ4v) is 3.53. The number of furan rings is 2. The van der Waals surface area contributed by atoms with Crippen molar-refractivity contribution in [2.24, 2.45) is 0 Å². The summed E-state index contributed by atoms with van der Waals surface area (Å²) in [5, 5.41) is 3.24. The third-order valence-corrected chi connectivity index (χ3v) is 4.73. The smallest absolute Gasteiger partial charge is 0.259 e. The van der Waals surface area contributed by atoms with Crippen molar-refractivity contribution in [2.75, 3.05) is 5.32 Å². The molecule has 8 heteroatoms. The quantitative estimate of drug-likeness (QED) is 0.502. The Kier molecular flexibility index (Phi) is 4.21. The van der Waals surface area contributed by atoms with Gasteiger partial charge < -0.3 is 8.83 Å². The molecule has 0 saturated carbocycles. The summed E-state index contributed by atoms with van der Waals surface area (Å²) in [6.45, 7) is 0. The summed E-state index contributed by atoms with van der Waals surface area (Å²) in [5.41, 5.74) is 1.05. The van der Waals surface area contributed by atoms with Gasteiger partial charge in [0.15, 0.2) is 10.9 Å². The van der Waals surface area contributed by atoms with Crippen molar-refractivity contribution in [1.82, 2.24) is 9.97 Å². The van der Waals surface area contributed by atoms with E-state index in [4.69, 9.17) is 8.83 Å². The summed E-state index contributed by atoms with van der Waals surface area (Å²) in [7, 11) is 0. The molecule has 0 atom stereocenters. The van der Waals surface area contributed by atoms with Crippen LogP contribution in [0.1, 0.15) is 10.4 Å². The number of nitrogens with one attached hydrogen (secondary N) is 1. The van der Waals surface area contributed by atoms with Crippen molar-refractivity contribution >= 4 is 38.3 Å². The number of nitrogens with zero attached hydrogens (tertiary/aromatic N) is 2. The van der Waals surface area contributed by atoms with E-state index in [9.17, 15) is 4.79 Å². The summed E-state index contributed by atoms with van der Waals surface area (Å²) in [5.74, 6) is 0.973. The second kappa shape index (κ2) is 6.66. The average molecular weight is 416 g/mol. The zero-order chi connectivity index (χ0) is 17.2. The van der Waals surface area contributed by atoms with Crippen LogP contribution in [0.4, 0.5) is 5.13 Å². The van der Waals surface area contributed by atoms with Gasteiger partial charge in [0, 0.05) is 16.9 Å². The highest BCUT2D eigenvalue weighted by molar-refractivity contribution is 9.10. The number of anilines is 1. The van der Waals surface area contributed by atoms with Crippen molar-refractivity contribution in [1.29, 1.82) is 0 Å². The van der Waals surface area contributed by atoms with Crippen LogP contribution in [0.5, 0.6) is 0 Å². The van der Waals surface area contributed by atoms with Gasteiger partial charge in [0.05, 0.1) is 18.1 Å². The normalized spacial score (nSPS) is 10.8. The second-order valence-electron chi connectivity index (χ2n) is 5.00. The molecule has 0 aliphatic rings. The molecule has 4 aromatic rings. The highest BCUT2D eigenvalue weighted by Crippen LogP contribution is 2.39. The minimum absolute atomic E-state index is 0.292. The van der Waals surface area contributed by atoms with Gasteiger partial charge in [-0.2, -0.15) is 0 Å². The van der Waals surface area contributed by atoms with Crippen LogP contribution in [-0.4, -0.2) is 15.9 Å². The first kappa shape index (κ1) is 15.8. The lowest BCUT2D eigenvalue weighted by Gasteiger charge is -2.01. The van der Waals surface area contributed by atoms with Crippen molar-refractivity contribution in [2.45, 2.75) is 0 Å². The third kappa shape index (κ3) is 3.26. The van der Waals surface area contributed by atoms with Crippen LogP contribution in [0.25, 0.3) is 22.1 Å². The van der Waals surface area contributed by atoms with Gasteiger partial charge in [0.1, 0.15) is 16.3 Å². The lowest BCUT2D eigenvalue weighted by atomic mass is 10.2. The van der Waals surface area contributed by atoms with Crippen LogP contribution < -0.4 is 5.32 Å². The molecule has 0 aliphatic carbocycles. The number of halogens is 1. The Morgan fingerprint density at radius 2 is 1.88 bits per heavy atom. The zero-order valence-corrected chi connectivity index (χ0v) is 15.0. The topological polar surface area (TPSA) is 81.2 Å². The lowest BCUT2D eigenvalue weighted by molar-refractivity contribution is 0.102. The van der Waals surface area contributed by atoms with Crippen molar-refractivity contribution in [3.05, 3.63) is 65.3 Å². The number of carbonyl (C=O) groups excluding carboxylic acids is 1. The largest absolute Gasteiger partial charge is 0.463 e. The van der Waals surface area contributed by atoms with E-state index < -0.39 is 0 Å². The van der Waals surface area contributed by atoms with Crippen LogP contribution in [0.3, 0.4) is 0 Å². The molecule has 0 radical (unpaired) electrons. The monoisotopic (exact) mass is 415 g/mol. The summed E-state index contributed by atoms with van der Waals surface area (Å²) in [4.78, 5) is 21.7. The number of hydrogen-bond donors (Lipinski definition) is 1. The van der Waals surface area contributed by atoms with Crippen molar-refractivity contribution < 1.29 is 13.6 Å². The molecule has 0 aliphatic heterocycles. The fraction of sp³-hybridized carbons (Fsp3) is 0. The molecule has 0 spiro atoms. The average Bonchev–Trinajstić information content (AvgIpc) is 3.35. The van der Waals surface area contributed by atoms with Crippen molar-refractivity contribution in [3.63, 3.8) is 0 Å². The Labute approximate surface area is 154 Å². The number of rotatable bonds is 4. The van der Waals surface area contributed by atoms with Gasteiger partial charge in [-0.15, -0.1) is 0 Å². The van der Waals surface area contributed by atoms with Gasteiger partial charge in [-0.3, -0.25) is 15.1 Å². The van der Waals surface area contributed by atoms with E-state index in [2.05, 4.69) is 31.2 Å². The van der Waals surface area contributed by atoms with Gasteiger partial charge in [-0.1, -0.05) is 11.3 Å². The van der Waals surface area contributed by atoms with E-state index in [-0.39, 0.29) is 5.91 Å². The second-order valence-corrected chi connectivity index (χ2v) is 6.91. The first-order valence-electron chi connectivity index (χ1n) is 7.21. The number of carbonyl (C=O) groups is 1. The van der Waals surface area contributed by atoms with Gasteiger partial charge in [-0.05, 0) is 46.3 Å². The first-order chi connectivity index (χ1) is 12.2. The van der Waals surface area contributed by atoms with Crippen LogP contribution in [0, 0.1) is 0 Å². The molecular weight excluding hydrogens is 406 g/mol. The third-order valence-electron chi connectivity index (χ3n) is 3.31. The molecule has 1 amide bonds. The van der Waals surface area contributed by atoms with E-state index in [0.29, 0.717) is 27.9 Å². The summed E-state index contributed by atoms with van der Waals surface area (Å²) in [6, 6.07) is 8.92. The minimum atomic E-state index is -0.292. The summed E-state index contributed by atoms with van der Waals surface area (Å²) >= 11 is 4.62. The maximum atomic E-state index is 12.4. The van der Waals surface area contributed by atoms with Gasteiger partial charge >= 0.3 is 0 Å². The Balaban J connectivity index is 1.69. The number of thiazole rings is 1. The van der Waals surface area contributed by atoms with Gasteiger partial charge in [0.25, 0.3) is 5.91 Å².